The third-order valence-corrected chi connectivity index (χ3v) is 7.26. The number of aliphatic carboxylic acids is 1. The van der Waals surface area contributed by atoms with Gasteiger partial charge in [0, 0.05) is 12.5 Å². The van der Waals surface area contributed by atoms with Crippen molar-refractivity contribution in [2.75, 3.05) is 13.2 Å². The molecule has 0 aromatic heterocycles. The Balaban J connectivity index is 1.38. The molecule has 40 heavy (non-hydrogen) atoms. The normalized spacial score (nSPS) is 14.3. The summed E-state index contributed by atoms with van der Waals surface area (Å²) in [5.41, 5.74) is 5.40. The molecular weight excluding hydrogens is 508 g/mol. The second-order valence-electron chi connectivity index (χ2n) is 10.1. The van der Waals surface area contributed by atoms with Crippen LogP contribution in [0.1, 0.15) is 49.3 Å². The minimum atomic E-state index is -1.00. The van der Waals surface area contributed by atoms with Gasteiger partial charge in [-0.1, -0.05) is 85.8 Å². The first kappa shape index (κ1) is 28.8. The van der Waals surface area contributed by atoms with Crippen molar-refractivity contribution in [2.24, 2.45) is 5.92 Å². The van der Waals surface area contributed by atoms with Crippen LogP contribution in [0.5, 0.6) is 0 Å². The summed E-state index contributed by atoms with van der Waals surface area (Å²) >= 11 is 0. The van der Waals surface area contributed by atoms with E-state index in [0.29, 0.717) is 12.8 Å². The van der Waals surface area contributed by atoms with E-state index < -0.39 is 36.0 Å². The monoisotopic (exact) mass is 544 g/mol. The fraction of sp³-hybridized carbons (Fsp3) is 0.344. The van der Waals surface area contributed by atoms with Gasteiger partial charge in [0.15, 0.2) is 0 Å². The lowest BCUT2D eigenvalue weighted by atomic mass is 9.98. The van der Waals surface area contributed by atoms with Gasteiger partial charge in [-0.25, -0.2) is 4.79 Å². The van der Waals surface area contributed by atoms with Crippen molar-refractivity contribution in [3.05, 3.63) is 95.6 Å². The van der Waals surface area contributed by atoms with Crippen LogP contribution in [0.25, 0.3) is 11.1 Å². The van der Waals surface area contributed by atoms with E-state index in [0.717, 1.165) is 27.8 Å². The molecule has 1 aliphatic carbocycles. The Bertz CT molecular complexity index is 1270. The quantitative estimate of drug-likeness (QED) is 0.258. The van der Waals surface area contributed by atoms with Gasteiger partial charge in [0.25, 0.3) is 0 Å². The number of alkyl carbamates (subject to hydrolysis) is 1. The molecule has 1 unspecified atom stereocenters. The topological polar surface area (TPSA) is 114 Å². The second kappa shape index (κ2) is 13.8. The van der Waals surface area contributed by atoms with Crippen LogP contribution in [0.15, 0.2) is 78.9 Å². The van der Waals surface area contributed by atoms with E-state index in [-0.39, 0.29) is 25.7 Å². The van der Waals surface area contributed by atoms with Gasteiger partial charge in [-0.05, 0) is 47.6 Å². The second-order valence-corrected chi connectivity index (χ2v) is 10.1. The van der Waals surface area contributed by atoms with Crippen LogP contribution in [0.3, 0.4) is 0 Å². The molecule has 0 bridgehead atoms. The molecule has 0 radical (unpaired) electrons. The van der Waals surface area contributed by atoms with E-state index in [4.69, 9.17) is 14.6 Å². The van der Waals surface area contributed by atoms with Crippen molar-refractivity contribution < 1.29 is 29.0 Å². The standard InChI is InChI=1S/C32H36N2O6/c1-21(31(36)37)11-10-18-33-30(35)29(22(2)39-19-23-12-4-3-5-13-23)34-32(38)40-20-28-26-16-8-6-14-24(26)25-15-7-9-17-27(25)28/h3-9,12-17,21-22,28-29H,10-11,18-20H2,1-2H3,(H,33,35)(H,34,38)(H,36,37)/t21?,22-,29+/m0/s1. The number of carboxylic acids is 1. The zero-order valence-electron chi connectivity index (χ0n) is 22.8. The van der Waals surface area contributed by atoms with Gasteiger partial charge in [0.05, 0.1) is 18.6 Å². The average molecular weight is 545 g/mol. The van der Waals surface area contributed by atoms with Crippen LogP contribution in [0.2, 0.25) is 0 Å². The number of nitrogens with one attached hydrogen (secondary N) is 2. The van der Waals surface area contributed by atoms with Gasteiger partial charge in [0.1, 0.15) is 12.6 Å². The Hall–Kier alpha value is -4.17. The molecule has 3 N–H and O–H groups in total. The van der Waals surface area contributed by atoms with E-state index in [1.807, 2.05) is 66.7 Å². The number of rotatable bonds is 13. The van der Waals surface area contributed by atoms with Crippen LogP contribution < -0.4 is 10.6 Å². The Kier molecular flexibility index (Phi) is 9.91. The summed E-state index contributed by atoms with van der Waals surface area (Å²) in [7, 11) is 0. The third kappa shape index (κ3) is 7.27. The summed E-state index contributed by atoms with van der Waals surface area (Å²) in [4.78, 5) is 37.2. The number of hydrogen-bond acceptors (Lipinski definition) is 5. The van der Waals surface area contributed by atoms with E-state index in [9.17, 15) is 14.4 Å². The van der Waals surface area contributed by atoms with Gasteiger partial charge >= 0.3 is 12.1 Å². The Labute approximate surface area is 234 Å². The van der Waals surface area contributed by atoms with Crippen molar-refractivity contribution >= 4 is 18.0 Å². The highest BCUT2D eigenvalue weighted by Crippen LogP contribution is 2.44. The van der Waals surface area contributed by atoms with E-state index in [1.165, 1.54) is 0 Å². The third-order valence-electron chi connectivity index (χ3n) is 7.26. The molecule has 0 saturated carbocycles. The average Bonchev–Trinajstić information content (AvgIpc) is 3.29. The maximum Gasteiger partial charge on any atom is 0.407 e. The molecule has 3 atom stereocenters. The first-order valence-electron chi connectivity index (χ1n) is 13.6. The zero-order valence-corrected chi connectivity index (χ0v) is 22.8. The van der Waals surface area contributed by atoms with Crippen molar-refractivity contribution in [1.82, 2.24) is 10.6 Å². The van der Waals surface area contributed by atoms with Crippen molar-refractivity contribution in [3.63, 3.8) is 0 Å². The minimum Gasteiger partial charge on any atom is -0.481 e. The Morgan fingerprint density at radius 1 is 0.875 bits per heavy atom. The molecular formula is C32H36N2O6. The van der Waals surface area contributed by atoms with Gasteiger partial charge < -0.3 is 25.2 Å². The highest BCUT2D eigenvalue weighted by atomic mass is 16.5. The first-order chi connectivity index (χ1) is 19.3. The number of ether oxygens (including phenoxy) is 2. The Morgan fingerprint density at radius 2 is 1.48 bits per heavy atom. The van der Waals surface area contributed by atoms with Crippen molar-refractivity contribution in [1.29, 1.82) is 0 Å². The molecule has 8 nitrogen and oxygen atoms in total. The molecule has 0 spiro atoms. The van der Waals surface area contributed by atoms with Crippen molar-refractivity contribution in [2.45, 2.75) is 51.4 Å². The maximum absolute atomic E-state index is 13.1. The first-order valence-corrected chi connectivity index (χ1v) is 13.6. The summed E-state index contributed by atoms with van der Waals surface area (Å²) in [6.45, 7) is 4.04. The molecule has 3 aromatic rings. The Morgan fingerprint density at radius 3 is 2.10 bits per heavy atom. The molecule has 8 heteroatoms. The summed E-state index contributed by atoms with van der Waals surface area (Å²) in [5.74, 6) is -1.89. The molecule has 0 heterocycles. The van der Waals surface area contributed by atoms with E-state index in [1.54, 1.807) is 13.8 Å². The number of carbonyl (C=O) groups excluding carboxylic acids is 2. The lowest BCUT2D eigenvalue weighted by molar-refractivity contribution is -0.141. The fourth-order valence-electron chi connectivity index (χ4n) is 4.91. The molecule has 210 valence electrons. The van der Waals surface area contributed by atoms with E-state index in [2.05, 4.69) is 22.8 Å². The molecule has 4 rings (SSSR count). The number of fused-ring (bicyclic) bond motifs is 3. The largest absolute Gasteiger partial charge is 0.481 e. The summed E-state index contributed by atoms with van der Waals surface area (Å²) in [5, 5.41) is 14.6. The van der Waals surface area contributed by atoms with Gasteiger partial charge in [-0.3, -0.25) is 9.59 Å². The van der Waals surface area contributed by atoms with Crippen LogP contribution >= 0.6 is 0 Å². The van der Waals surface area contributed by atoms with Crippen LogP contribution in [-0.2, 0) is 25.7 Å². The highest BCUT2D eigenvalue weighted by molar-refractivity contribution is 5.86. The van der Waals surface area contributed by atoms with Crippen molar-refractivity contribution in [3.8, 4) is 11.1 Å². The number of hydrogen-bond donors (Lipinski definition) is 3. The molecule has 0 aliphatic heterocycles. The van der Waals surface area contributed by atoms with Crippen LogP contribution in [0.4, 0.5) is 4.79 Å². The lowest BCUT2D eigenvalue weighted by Crippen LogP contribution is -2.53. The predicted molar refractivity (Wildman–Crippen MR) is 152 cm³/mol. The van der Waals surface area contributed by atoms with Gasteiger partial charge in [-0.2, -0.15) is 0 Å². The number of carbonyl (C=O) groups is 3. The zero-order chi connectivity index (χ0) is 28.5. The number of benzene rings is 3. The van der Waals surface area contributed by atoms with Crippen LogP contribution in [0, 0.1) is 5.92 Å². The summed E-state index contributed by atoms with van der Waals surface area (Å²) in [6.07, 6.45) is -0.439. The highest BCUT2D eigenvalue weighted by Gasteiger charge is 2.31. The summed E-state index contributed by atoms with van der Waals surface area (Å²) < 4.78 is 11.6. The van der Waals surface area contributed by atoms with E-state index >= 15 is 0 Å². The number of carboxylic acid groups (broad SMARTS) is 1. The maximum atomic E-state index is 13.1. The summed E-state index contributed by atoms with van der Waals surface area (Å²) in [6, 6.07) is 24.7. The minimum absolute atomic E-state index is 0.103. The molecule has 3 aromatic carbocycles. The SMILES string of the molecule is CC(CCCNC(=O)[C@H](NC(=O)OCC1c2ccccc2-c2ccccc21)[C@H](C)OCc1ccccc1)C(=O)O. The lowest BCUT2D eigenvalue weighted by Gasteiger charge is -2.25. The van der Waals surface area contributed by atoms with Gasteiger partial charge in [-0.15, -0.1) is 0 Å². The predicted octanol–water partition coefficient (Wildman–Crippen LogP) is 5.12. The fourth-order valence-corrected chi connectivity index (χ4v) is 4.91. The molecule has 1 aliphatic rings. The van der Waals surface area contributed by atoms with Crippen LogP contribution in [-0.4, -0.2) is 48.4 Å². The molecule has 0 saturated heterocycles. The molecule has 2 amide bonds. The smallest absolute Gasteiger partial charge is 0.407 e. The molecule has 0 fully saturated rings. The number of amides is 2. The van der Waals surface area contributed by atoms with Gasteiger partial charge in [0.2, 0.25) is 5.91 Å².